The molecule has 0 saturated heterocycles. The van der Waals surface area contributed by atoms with E-state index in [9.17, 15) is 0 Å². The van der Waals surface area contributed by atoms with Crippen LogP contribution in [0.3, 0.4) is 0 Å². The van der Waals surface area contributed by atoms with E-state index >= 15 is 0 Å². The second-order valence-electron chi connectivity index (χ2n) is 5.02. The van der Waals surface area contributed by atoms with Gasteiger partial charge in [0.1, 0.15) is 0 Å². The fourth-order valence-corrected chi connectivity index (χ4v) is 4.02. The standard InChI is InChI=1S/C15H19Cl2NS/c1-4-5-10-13(8-18-9(2)3)19-15-12(17)7-6-11(16)14(10)15/h6-7,9,18H,4-5,8H2,1-3H3. The van der Waals surface area contributed by atoms with Crippen molar-refractivity contribution >= 4 is 44.6 Å². The van der Waals surface area contributed by atoms with Gasteiger partial charge in [-0.05, 0) is 24.1 Å². The predicted molar refractivity (Wildman–Crippen MR) is 87.8 cm³/mol. The lowest BCUT2D eigenvalue weighted by molar-refractivity contribution is 0.591. The van der Waals surface area contributed by atoms with Crippen LogP contribution in [0.5, 0.6) is 0 Å². The van der Waals surface area contributed by atoms with Crippen LogP contribution in [-0.4, -0.2) is 6.04 Å². The molecule has 0 spiro atoms. The SMILES string of the molecule is CCCc1c(CNC(C)C)sc2c(Cl)ccc(Cl)c12. The van der Waals surface area contributed by atoms with Crippen LogP contribution in [0.1, 0.15) is 37.6 Å². The highest BCUT2D eigenvalue weighted by Crippen LogP contribution is 2.40. The summed E-state index contributed by atoms with van der Waals surface area (Å²) in [6.07, 6.45) is 2.17. The molecule has 0 fully saturated rings. The molecule has 1 nitrogen and oxygen atoms in total. The van der Waals surface area contributed by atoms with Crippen molar-refractivity contribution in [3.05, 3.63) is 32.6 Å². The Hall–Kier alpha value is -0.280. The van der Waals surface area contributed by atoms with Gasteiger partial charge in [-0.25, -0.2) is 0 Å². The number of rotatable bonds is 5. The Labute approximate surface area is 128 Å². The summed E-state index contributed by atoms with van der Waals surface area (Å²) in [5.41, 5.74) is 1.36. The van der Waals surface area contributed by atoms with Crippen molar-refractivity contribution < 1.29 is 0 Å². The maximum atomic E-state index is 6.37. The summed E-state index contributed by atoms with van der Waals surface area (Å²) in [5.74, 6) is 0. The molecule has 104 valence electrons. The fraction of sp³-hybridized carbons (Fsp3) is 0.467. The first kappa shape index (κ1) is 15.1. The van der Waals surface area contributed by atoms with E-state index in [0.717, 1.165) is 39.5 Å². The van der Waals surface area contributed by atoms with Gasteiger partial charge in [-0.1, -0.05) is 50.4 Å². The monoisotopic (exact) mass is 315 g/mol. The minimum absolute atomic E-state index is 0.477. The fourth-order valence-electron chi connectivity index (χ4n) is 2.19. The molecule has 0 radical (unpaired) electrons. The molecule has 0 unspecified atom stereocenters. The Morgan fingerprint density at radius 2 is 1.89 bits per heavy atom. The highest BCUT2D eigenvalue weighted by molar-refractivity contribution is 7.20. The first-order valence-electron chi connectivity index (χ1n) is 6.66. The van der Waals surface area contributed by atoms with Crippen LogP contribution >= 0.6 is 34.5 Å². The summed E-state index contributed by atoms with van der Waals surface area (Å²) in [5, 5.41) is 6.26. The Balaban J connectivity index is 2.53. The van der Waals surface area contributed by atoms with Crippen LogP contribution in [0.15, 0.2) is 12.1 Å². The number of aryl methyl sites for hydroxylation is 1. The predicted octanol–water partition coefficient (Wildman–Crippen LogP) is 5.66. The average molecular weight is 316 g/mol. The number of fused-ring (bicyclic) bond motifs is 1. The van der Waals surface area contributed by atoms with Gasteiger partial charge >= 0.3 is 0 Å². The summed E-state index contributed by atoms with van der Waals surface area (Å²) in [4.78, 5) is 1.36. The van der Waals surface area contributed by atoms with E-state index < -0.39 is 0 Å². The smallest absolute Gasteiger partial charge is 0.0585 e. The van der Waals surface area contributed by atoms with Gasteiger partial charge in [0.25, 0.3) is 0 Å². The molecule has 0 saturated carbocycles. The first-order valence-corrected chi connectivity index (χ1v) is 8.23. The third-order valence-electron chi connectivity index (χ3n) is 3.09. The number of hydrogen-bond acceptors (Lipinski definition) is 2. The van der Waals surface area contributed by atoms with Crippen molar-refractivity contribution in [3.63, 3.8) is 0 Å². The van der Waals surface area contributed by atoms with Gasteiger partial charge in [-0.3, -0.25) is 0 Å². The van der Waals surface area contributed by atoms with E-state index in [1.54, 1.807) is 11.3 Å². The molecular formula is C15H19Cl2NS. The van der Waals surface area contributed by atoms with Crippen molar-refractivity contribution in [2.75, 3.05) is 0 Å². The molecule has 19 heavy (non-hydrogen) atoms. The molecule has 2 rings (SSSR count). The Morgan fingerprint density at radius 1 is 1.21 bits per heavy atom. The minimum Gasteiger partial charge on any atom is -0.310 e. The lowest BCUT2D eigenvalue weighted by Crippen LogP contribution is -2.21. The van der Waals surface area contributed by atoms with Gasteiger partial charge in [-0.15, -0.1) is 11.3 Å². The molecule has 1 heterocycles. The third kappa shape index (κ3) is 3.25. The number of thiophene rings is 1. The minimum atomic E-state index is 0.477. The molecule has 2 aromatic rings. The van der Waals surface area contributed by atoms with Crippen LogP contribution in [0.4, 0.5) is 0 Å². The Kier molecular flexibility index (Phi) is 5.13. The molecule has 0 atom stereocenters. The van der Waals surface area contributed by atoms with Gasteiger partial charge in [0, 0.05) is 27.9 Å². The molecular weight excluding hydrogens is 297 g/mol. The summed E-state index contributed by atoms with van der Waals surface area (Å²) < 4.78 is 1.12. The van der Waals surface area contributed by atoms with E-state index in [-0.39, 0.29) is 0 Å². The van der Waals surface area contributed by atoms with Gasteiger partial charge in [0.05, 0.1) is 9.72 Å². The zero-order chi connectivity index (χ0) is 14.0. The van der Waals surface area contributed by atoms with Crippen molar-refractivity contribution in [2.45, 2.75) is 46.2 Å². The number of nitrogens with one attached hydrogen (secondary N) is 1. The molecule has 1 N–H and O–H groups in total. The molecule has 1 aromatic heterocycles. The Bertz CT molecular complexity index is 575. The molecule has 0 aliphatic rings. The van der Waals surface area contributed by atoms with Gasteiger partial charge in [0.15, 0.2) is 0 Å². The number of benzene rings is 1. The van der Waals surface area contributed by atoms with Crippen LogP contribution in [-0.2, 0) is 13.0 Å². The summed E-state index contributed by atoms with van der Waals surface area (Å²) in [6.45, 7) is 7.40. The van der Waals surface area contributed by atoms with E-state index in [4.69, 9.17) is 23.2 Å². The highest BCUT2D eigenvalue weighted by atomic mass is 35.5. The van der Waals surface area contributed by atoms with E-state index in [2.05, 4.69) is 26.1 Å². The molecule has 4 heteroatoms. The van der Waals surface area contributed by atoms with E-state index in [0.29, 0.717) is 6.04 Å². The van der Waals surface area contributed by atoms with Crippen LogP contribution in [0, 0.1) is 0 Å². The molecule has 0 amide bonds. The van der Waals surface area contributed by atoms with Crippen LogP contribution in [0.25, 0.3) is 10.1 Å². The first-order chi connectivity index (χ1) is 9.04. The summed E-state index contributed by atoms with van der Waals surface area (Å²) in [7, 11) is 0. The zero-order valence-electron chi connectivity index (χ0n) is 11.5. The second-order valence-corrected chi connectivity index (χ2v) is 6.94. The van der Waals surface area contributed by atoms with Crippen molar-refractivity contribution in [2.24, 2.45) is 0 Å². The van der Waals surface area contributed by atoms with Gasteiger partial charge in [-0.2, -0.15) is 0 Å². The lowest BCUT2D eigenvalue weighted by atomic mass is 10.1. The second kappa shape index (κ2) is 6.45. The number of halogens is 2. The zero-order valence-corrected chi connectivity index (χ0v) is 13.8. The summed E-state index contributed by atoms with van der Waals surface area (Å²) in [6, 6.07) is 4.26. The normalized spacial score (nSPS) is 11.7. The van der Waals surface area contributed by atoms with Crippen molar-refractivity contribution in [1.82, 2.24) is 5.32 Å². The number of hydrogen-bond donors (Lipinski definition) is 1. The van der Waals surface area contributed by atoms with Crippen molar-refractivity contribution in [1.29, 1.82) is 0 Å². The quantitative estimate of drug-likeness (QED) is 0.750. The maximum absolute atomic E-state index is 6.37. The van der Waals surface area contributed by atoms with E-state index in [1.165, 1.54) is 10.4 Å². The van der Waals surface area contributed by atoms with Crippen LogP contribution < -0.4 is 5.32 Å². The highest BCUT2D eigenvalue weighted by Gasteiger charge is 2.16. The van der Waals surface area contributed by atoms with E-state index in [1.807, 2.05) is 12.1 Å². The molecule has 0 aliphatic carbocycles. The lowest BCUT2D eigenvalue weighted by Gasteiger charge is -2.08. The molecule has 1 aromatic carbocycles. The topological polar surface area (TPSA) is 12.0 Å². The average Bonchev–Trinajstić information content (AvgIpc) is 2.72. The largest absolute Gasteiger partial charge is 0.310 e. The third-order valence-corrected chi connectivity index (χ3v) is 5.10. The summed E-state index contributed by atoms with van der Waals surface area (Å²) >= 11 is 14.4. The van der Waals surface area contributed by atoms with Gasteiger partial charge < -0.3 is 5.32 Å². The molecule has 0 aliphatic heterocycles. The Morgan fingerprint density at radius 3 is 2.53 bits per heavy atom. The molecule has 0 bridgehead atoms. The van der Waals surface area contributed by atoms with Crippen LogP contribution in [0.2, 0.25) is 10.0 Å². The maximum Gasteiger partial charge on any atom is 0.0585 e. The van der Waals surface area contributed by atoms with Gasteiger partial charge in [0.2, 0.25) is 0 Å². The van der Waals surface area contributed by atoms with Crippen molar-refractivity contribution in [3.8, 4) is 0 Å².